The molecule has 1 N–H and O–H groups in total. The van der Waals surface area contributed by atoms with Gasteiger partial charge in [-0.1, -0.05) is 36.5 Å². The number of nitrogens with one attached hydrogen (secondary N) is 1. The molecule has 0 spiro atoms. The summed E-state index contributed by atoms with van der Waals surface area (Å²) in [5.74, 6) is 0.0619. The summed E-state index contributed by atoms with van der Waals surface area (Å²) in [6, 6.07) is 3.54. The summed E-state index contributed by atoms with van der Waals surface area (Å²) >= 11 is 12.1. The standard InChI is InChI=1S/C14H18Cl2N2O/c1-4-5-6-18-12-8-10(16)9(15)7-11(12)17-14(2,3)13(18)19/h7-8,17H,4-6H2,1-3H3. The van der Waals surface area contributed by atoms with Crippen molar-refractivity contribution in [2.24, 2.45) is 0 Å². The Balaban J connectivity index is 2.48. The molecule has 0 saturated heterocycles. The first-order valence-corrected chi connectivity index (χ1v) is 7.21. The number of benzene rings is 1. The van der Waals surface area contributed by atoms with Crippen molar-refractivity contribution in [3.8, 4) is 0 Å². The molecule has 1 aliphatic heterocycles. The largest absolute Gasteiger partial charge is 0.370 e. The van der Waals surface area contributed by atoms with E-state index < -0.39 is 5.54 Å². The molecule has 1 aromatic carbocycles. The van der Waals surface area contributed by atoms with Gasteiger partial charge in [0.05, 0.1) is 21.4 Å². The number of carbonyl (C=O) groups excluding carboxylic acids is 1. The summed E-state index contributed by atoms with van der Waals surface area (Å²) in [4.78, 5) is 14.3. The van der Waals surface area contributed by atoms with E-state index in [1.165, 1.54) is 0 Å². The lowest BCUT2D eigenvalue weighted by Crippen LogP contribution is -2.54. The van der Waals surface area contributed by atoms with Crippen LogP contribution in [0.15, 0.2) is 12.1 Å². The molecule has 0 unspecified atom stereocenters. The summed E-state index contributed by atoms with van der Waals surface area (Å²) < 4.78 is 0. The summed E-state index contributed by atoms with van der Waals surface area (Å²) in [5.41, 5.74) is 1.04. The zero-order chi connectivity index (χ0) is 14.2. The Kier molecular flexibility index (Phi) is 3.98. The van der Waals surface area contributed by atoms with E-state index in [0.717, 1.165) is 24.2 Å². The first-order valence-electron chi connectivity index (χ1n) is 6.46. The van der Waals surface area contributed by atoms with Crippen LogP contribution in [0.3, 0.4) is 0 Å². The number of amides is 1. The number of hydrogen-bond donors (Lipinski definition) is 1. The fourth-order valence-corrected chi connectivity index (χ4v) is 2.56. The highest BCUT2D eigenvalue weighted by atomic mass is 35.5. The van der Waals surface area contributed by atoms with Crippen LogP contribution in [0.25, 0.3) is 0 Å². The van der Waals surface area contributed by atoms with Gasteiger partial charge in [-0.25, -0.2) is 0 Å². The van der Waals surface area contributed by atoms with Crippen LogP contribution in [-0.2, 0) is 4.79 Å². The van der Waals surface area contributed by atoms with Crippen LogP contribution in [0.2, 0.25) is 10.0 Å². The number of hydrogen-bond acceptors (Lipinski definition) is 2. The molecule has 0 bridgehead atoms. The number of halogens is 2. The van der Waals surface area contributed by atoms with Crippen LogP contribution in [0.1, 0.15) is 33.6 Å². The third-order valence-corrected chi connectivity index (χ3v) is 4.01. The monoisotopic (exact) mass is 300 g/mol. The van der Waals surface area contributed by atoms with Crippen molar-refractivity contribution in [3.05, 3.63) is 22.2 Å². The molecule has 0 saturated carbocycles. The zero-order valence-corrected chi connectivity index (χ0v) is 12.9. The second-order valence-electron chi connectivity index (χ2n) is 5.34. The number of carbonyl (C=O) groups is 1. The van der Waals surface area contributed by atoms with Crippen molar-refractivity contribution in [2.75, 3.05) is 16.8 Å². The fraction of sp³-hybridized carbons (Fsp3) is 0.500. The predicted octanol–water partition coefficient (Wildman–Crippen LogP) is 4.33. The van der Waals surface area contributed by atoms with E-state index in [-0.39, 0.29) is 5.91 Å². The SMILES string of the molecule is CCCCN1C(=O)C(C)(C)Nc2cc(Cl)c(Cl)cc21. The van der Waals surface area contributed by atoms with Gasteiger partial charge in [0, 0.05) is 6.54 Å². The second-order valence-corrected chi connectivity index (χ2v) is 6.16. The van der Waals surface area contributed by atoms with Crippen molar-refractivity contribution in [1.29, 1.82) is 0 Å². The Labute approximate surface area is 123 Å². The number of nitrogens with zero attached hydrogens (tertiary/aromatic N) is 1. The third kappa shape index (κ3) is 2.67. The van der Waals surface area contributed by atoms with Gasteiger partial charge in [-0.05, 0) is 32.4 Å². The Bertz CT molecular complexity index is 514. The first kappa shape index (κ1) is 14.5. The molecule has 0 aromatic heterocycles. The topological polar surface area (TPSA) is 32.3 Å². The maximum Gasteiger partial charge on any atom is 0.252 e. The van der Waals surface area contributed by atoms with E-state index in [0.29, 0.717) is 16.6 Å². The Hall–Kier alpha value is -0.930. The highest BCUT2D eigenvalue weighted by molar-refractivity contribution is 6.42. The van der Waals surface area contributed by atoms with Gasteiger partial charge < -0.3 is 10.2 Å². The summed E-state index contributed by atoms with van der Waals surface area (Å²) in [6.45, 7) is 6.55. The highest BCUT2D eigenvalue weighted by Crippen LogP contribution is 2.40. The van der Waals surface area contributed by atoms with Gasteiger partial charge in [0.2, 0.25) is 0 Å². The highest BCUT2D eigenvalue weighted by Gasteiger charge is 2.38. The molecule has 104 valence electrons. The smallest absolute Gasteiger partial charge is 0.252 e. The zero-order valence-electron chi connectivity index (χ0n) is 11.4. The van der Waals surface area contributed by atoms with Crippen molar-refractivity contribution >= 4 is 40.5 Å². The molecule has 1 heterocycles. The van der Waals surface area contributed by atoms with Crippen molar-refractivity contribution < 1.29 is 4.79 Å². The maximum atomic E-state index is 12.5. The van der Waals surface area contributed by atoms with Crippen LogP contribution < -0.4 is 10.2 Å². The van der Waals surface area contributed by atoms with E-state index in [1.807, 2.05) is 13.8 Å². The summed E-state index contributed by atoms with van der Waals surface area (Å²) in [5, 5.41) is 4.19. The molecule has 5 heteroatoms. The van der Waals surface area contributed by atoms with Crippen LogP contribution in [0.5, 0.6) is 0 Å². The fourth-order valence-electron chi connectivity index (χ4n) is 2.23. The third-order valence-electron chi connectivity index (χ3n) is 3.29. The number of fused-ring (bicyclic) bond motifs is 1. The van der Waals surface area contributed by atoms with Gasteiger partial charge in [-0.3, -0.25) is 4.79 Å². The average Bonchev–Trinajstić information content (AvgIpc) is 2.33. The van der Waals surface area contributed by atoms with Crippen LogP contribution in [0, 0.1) is 0 Å². The molecule has 1 amide bonds. The van der Waals surface area contributed by atoms with Gasteiger partial charge in [0.15, 0.2) is 0 Å². The second kappa shape index (κ2) is 5.22. The molecule has 0 atom stereocenters. The lowest BCUT2D eigenvalue weighted by Gasteiger charge is -2.40. The van der Waals surface area contributed by atoms with Gasteiger partial charge >= 0.3 is 0 Å². The van der Waals surface area contributed by atoms with Crippen LogP contribution in [-0.4, -0.2) is 18.0 Å². The number of anilines is 2. The van der Waals surface area contributed by atoms with E-state index in [2.05, 4.69) is 12.2 Å². The number of rotatable bonds is 3. The van der Waals surface area contributed by atoms with Crippen molar-refractivity contribution in [3.63, 3.8) is 0 Å². The summed E-state index contributed by atoms with van der Waals surface area (Å²) in [6.07, 6.45) is 2.00. The average molecular weight is 301 g/mol. The molecular formula is C14H18Cl2N2O. The van der Waals surface area contributed by atoms with E-state index in [1.54, 1.807) is 17.0 Å². The molecular weight excluding hydrogens is 283 g/mol. The van der Waals surface area contributed by atoms with E-state index in [4.69, 9.17) is 23.2 Å². The lowest BCUT2D eigenvalue weighted by molar-refractivity contribution is -0.122. The Morgan fingerprint density at radius 1 is 1.26 bits per heavy atom. The number of unbranched alkanes of at least 4 members (excludes halogenated alkanes) is 1. The normalized spacial score (nSPS) is 17.1. The first-order chi connectivity index (χ1) is 8.86. The molecule has 0 aliphatic carbocycles. The van der Waals surface area contributed by atoms with Crippen LogP contribution >= 0.6 is 23.2 Å². The van der Waals surface area contributed by atoms with Gasteiger partial charge in [-0.2, -0.15) is 0 Å². The molecule has 0 fully saturated rings. The molecule has 2 rings (SSSR count). The van der Waals surface area contributed by atoms with Crippen molar-refractivity contribution in [1.82, 2.24) is 0 Å². The molecule has 1 aliphatic rings. The minimum absolute atomic E-state index is 0.0619. The van der Waals surface area contributed by atoms with Crippen LogP contribution in [0.4, 0.5) is 11.4 Å². The molecule has 0 radical (unpaired) electrons. The minimum atomic E-state index is -0.627. The van der Waals surface area contributed by atoms with Gasteiger partial charge in [0.25, 0.3) is 5.91 Å². The van der Waals surface area contributed by atoms with Gasteiger partial charge in [-0.15, -0.1) is 0 Å². The molecule has 1 aromatic rings. The molecule has 3 nitrogen and oxygen atoms in total. The maximum absolute atomic E-state index is 12.5. The van der Waals surface area contributed by atoms with Gasteiger partial charge in [0.1, 0.15) is 5.54 Å². The Morgan fingerprint density at radius 2 is 1.89 bits per heavy atom. The van der Waals surface area contributed by atoms with Crippen molar-refractivity contribution in [2.45, 2.75) is 39.2 Å². The Morgan fingerprint density at radius 3 is 2.53 bits per heavy atom. The minimum Gasteiger partial charge on any atom is -0.370 e. The van der Waals surface area contributed by atoms with E-state index >= 15 is 0 Å². The lowest BCUT2D eigenvalue weighted by atomic mass is 9.97. The molecule has 19 heavy (non-hydrogen) atoms. The van der Waals surface area contributed by atoms with E-state index in [9.17, 15) is 4.79 Å². The predicted molar refractivity (Wildman–Crippen MR) is 81.4 cm³/mol. The quantitative estimate of drug-likeness (QED) is 0.901. The summed E-state index contributed by atoms with van der Waals surface area (Å²) in [7, 11) is 0.